The molecule has 2 aromatic heterocycles. The lowest BCUT2D eigenvalue weighted by molar-refractivity contribution is 0.0503. The Kier molecular flexibility index (Phi) is 5.92. The minimum absolute atomic E-state index is 0.176. The number of amides is 2. The maximum atomic E-state index is 12.4. The number of hydrogen-bond acceptors (Lipinski definition) is 5. The van der Waals surface area contributed by atoms with Crippen molar-refractivity contribution in [2.75, 3.05) is 13.2 Å². The number of nitrogens with zero attached hydrogens (tertiary/aromatic N) is 3. The van der Waals surface area contributed by atoms with E-state index < -0.39 is 0 Å². The molecule has 8 heteroatoms. The largest absolute Gasteiger partial charge is 0.381 e. The van der Waals surface area contributed by atoms with Crippen LogP contribution in [0.15, 0.2) is 23.0 Å². The number of aryl methyl sites for hydroxylation is 1. The molecule has 26 heavy (non-hydrogen) atoms. The fourth-order valence-corrected chi connectivity index (χ4v) is 3.08. The summed E-state index contributed by atoms with van der Waals surface area (Å²) in [6.07, 6.45) is 5.63. The summed E-state index contributed by atoms with van der Waals surface area (Å²) in [6, 6.07) is 1.42. The Morgan fingerprint density at radius 3 is 2.77 bits per heavy atom. The second-order valence-corrected chi connectivity index (χ2v) is 7.09. The second kappa shape index (κ2) is 8.35. The molecule has 1 fully saturated rings. The normalized spacial score (nSPS) is 16.6. The lowest BCUT2D eigenvalue weighted by atomic mass is 9.91. The van der Waals surface area contributed by atoms with Crippen molar-refractivity contribution in [3.8, 4) is 0 Å². The third kappa shape index (κ3) is 4.63. The van der Waals surface area contributed by atoms with Crippen LogP contribution in [0.3, 0.4) is 0 Å². The predicted octanol–water partition coefficient (Wildman–Crippen LogP) is 2.50. The molecule has 1 aliphatic rings. The Labute approximate surface area is 153 Å². The van der Waals surface area contributed by atoms with Gasteiger partial charge in [0.2, 0.25) is 5.89 Å². The number of aromatic nitrogens is 3. The average molecular weight is 361 g/mol. The zero-order chi connectivity index (χ0) is 18.5. The lowest BCUT2D eigenvalue weighted by Crippen LogP contribution is -2.41. The van der Waals surface area contributed by atoms with Crippen molar-refractivity contribution in [2.24, 2.45) is 13.0 Å². The van der Waals surface area contributed by atoms with Crippen LogP contribution < -0.4 is 10.6 Å². The highest BCUT2D eigenvalue weighted by Gasteiger charge is 2.31. The van der Waals surface area contributed by atoms with Crippen LogP contribution in [-0.2, 0) is 18.3 Å². The summed E-state index contributed by atoms with van der Waals surface area (Å²) >= 11 is 0. The smallest absolute Gasteiger partial charge is 0.315 e. The van der Waals surface area contributed by atoms with E-state index in [9.17, 15) is 4.79 Å². The van der Waals surface area contributed by atoms with Gasteiger partial charge < -0.3 is 24.5 Å². The zero-order valence-electron chi connectivity index (χ0n) is 15.6. The molecule has 0 bridgehead atoms. The van der Waals surface area contributed by atoms with Crippen LogP contribution in [0.1, 0.15) is 55.9 Å². The van der Waals surface area contributed by atoms with E-state index in [-0.39, 0.29) is 23.9 Å². The van der Waals surface area contributed by atoms with Crippen molar-refractivity contribution in [2.45, 2.75) is 45.2 Å². The van der Waals surface area contributed by atoms with Crippen LogP contribution >= 0.6 is 0 Å². The van der Waals surface area contributed by atoms with Crippen LogP contribution in [0.5, 0.6) is 0 Å². The molecular formula is C18H27N5O3. The third-order valence-electron chi connectivity index (χ3n) is 4.61. The SMILES string of the molecule is CC(C)c1noc([C@H](NC(=O)NCc2ccn(C)c2)C2CCOCC2)n1. The number of carbonyl (C=O) groups is 1. The monoisotopic (exact) mass is 361 g/mol. The number of hydrogen-bond donors (Lipinski definition) is 2. The van der Waals surface area contributed by atoms with E-state index >= 15 is 0 Å². The molecular weight excluding hydrogens is 334 g/mol. The molecule has 0 aromatic carbocycles. The van der Waals surface area contributed by atoms with E-state index in [1.807, 2.05) is 43.9 Å². The molecule has 0 saturated carbocycles. The first-order chi connectivity index (χ1) is 12.5. The van der Waals surface area contributed by atoms with Crippen molar-refractivity contribution in [1.29, 1.82) is 0 Å². The molecule has 2 amide bonds. The van der Waals surface area contributed by atoms with Crippen molar-refractivity contribution >= 4 is 6.03 Å². The van der Waals surface area contributed by atoms with Gasteiger partial charge in [0.1, 0.15) is 6.04 Å². The highest BCUT2D eigenvalue weighted by molar-refractivity contribution is 5.74. The van der Waals surface area contributed by atoms with Gasteiger partial charge in [0, 0.05) is 45.1 Å². The standard InChI is InChI=1S/C18H27N5O3/c1-12(2)16-21-17(26-22-16)15(14-5-8-25-9-6-14)20-18(24)19-10-13-4-7-23(3)11-13/h4,7,11-12,14-15H,5-6,8-10H2,1-3H3,(H2,19,20,24)/t15-/m1/s1. The van der Waals surface area contributed by atoms with Crippen LogP contribution in [0.25, 0.3) is 0 Å². The number of urea groups is 1. The Hall–Kier alpha value is -2.35. The fourth-order valence-electron chi connectivity index (χ4n) is 3.08. The summed E-state index contributed by atoms with van der Waals surface area (Å²) in [5, 5.41) is 9.96. The van der Waals surface area contributed by atoms with Crippen molar-refractivity contribution in [1.82, 2.24) is 25.3 Å². The van der Waals surface area contributed by atoms with Crippen LogP contribution in [-0.4, -0.2) is 34.0 Å². The summed E-state index contributed by atoms with van der Waals surface area (Å²) < 4.78 is 12.9. The van der Waals surface area contributed by atoms with E-state index in [0.717, 1.165) is 18.4 Å². The van der Waals surface area contributed by atoms with Gasteiger partial charge >= 0.3 is 6.03 Å². The minimum Gasteiger partial charge on any atom is -0.381 e. The van der Waals surface area contributed by atoms with E-state index in [0.29, 0.717) is 31.5 Å². The van der Waals surface area contributed by atoms with Gasteiger partial charge in [0.25, 0.3) is 0 Å². The molecule has 0 unspecified atom stereocenters. The first-order valence-electron chi connectivity index (χ1n) is 9.09. The molecule has 0 aliphatic carbocycles. The summed E-state index contributed by atoms with van der Waals surface area (Å²) in [4.78, 5) is 16.9. The summed E-state index contributed by atoms with van der Waals surface area (Å²) in [5.41, 5.74) is 1.05. The minimum atomic E-state index is -0.310. The van der Waals surface area contributed by atoms with Crippen LogP contribution in [0.2, 0.25) is 0 Å². The van der Waals surface area contributed by atoms with Gasteiger partial charge in [-0.05, 0) is 30.4 Å². The van der Waals surface area contributed by atoms with Gasteiger partial charge in [-0.2, -0.15) is 4.98 Å². The quantitative estimate of drug-likeness (QED) is 0.824. The Morgan fingerprint density at radius 2 is 2.15 bits per heavy atom. The van der Waals surface area contributed by atoms with Gasteiger partial charge in [-0.1, -0.05) is 19.0 Å². The van der Waals surface area contributed by atoms with E-state index in [1.165, 1.54) is 0 Å². The molecule has 1 saturated heterocycles. The Balaban J connectivity index is 1.66. The fraction of sp³-hybridized carbons (Fsp3) is 0.611. The first kappa shape index (κ1) is 18.4. The maximum Gasteiger partial charge on any atom is 0.315 e. The Bertz CT molecular complexity index is 718. The van der Waals surface area contributed by atoms with Crippen molar-refractivity contribution in [3.05, 3.63) is 35.7 Å². The zero-order valence-corrected chi connectivity index (χ0v) is 15.6. The highest BCUT2D eigenvalue weighted by atomic mass is 16.5. The van der Waals surface area contributed by atoms with Gasteiger partial charge in [-0.25, -0.2) is 4.79 Å². The molecule has 8 nitrogen and oxygen atoms in total. The van der Waals surface area contributed by atoms with Gasteiger partial charge in [-0.15, -0.1) is 0 Å². The summed E-state index contributed by atoms with van der Waals surface area (Å²) in [7, 11) is 1.95. The number of carbonyl (C=O) groups excluding carboxylic acids is 1. The molecule has 1 aliphatic heterocycles. The molecule has 3 heterocycles. The van der Waals surface area contributed by atoms with Crippen LogP contribution in [0, 0.1) is 5.92 Å². The van der Waals surface area contributed by atoms with Crippen molar-refractivity contribution in [3.63, 3.8) is 0 Å². The lowest BCUT2D eigenvalue weighted by Gasteiger charge is -2.28. The van der Waals surface area contributed by atoms with Crippen LogP contribution in [0.4, 0.5) is 4.79 Å². The first-order valence-corrected chi connectivity index (χ1v) is 9.09. The van der Waals surface area contributed by atoms with E-state index in [1.54, 1.807) is 0 Å². The molecule has 3 rings (SSSR count). The second-order valence-electron chi connectivity index (χ2n) is 7.09. The predicted molar refractivity (Wildman–Crippen MR) is 95.5 cm³/mol. The van der Waals surface area contributed by atoms with Gasteiger partial charge in [-0.3, -0.25) is 0 Å². The molecule has 142 valence electrons. The van der Waals surface area contributed by atoms with Gasteiger partial charge in [0.05, 0.1) is 0 Å². The average Bonchev–Trinajstić information content (AvgIpc) is 3.28. The van der Waals surface area contributed by atoms with E-state index in [4.69, 9.17) is 9.26 Å². The molecule has 0 radical (unpaired) electrons. The Morgan fingerprint density at radius 1 is 1.38 bits per heavy atom. The summed E-state index contributed by atoms with van der Waals surface area (Å²) in [5.74, 6) is 1.51. The molecule has 0 spiro atoms. The highest BCUT2D eigenvalue weighted by Crippen LogP contribution is 2.29. The van der Waals surface area contributed by atoms with Gasteiger partial charge in [0.15, 0.2) is 5.82 Å². The molecule has 2 aromatic rings. The number of nitrogens with one attached hydrogen (secondary N) is 2. The maximum absolute atomic E-state index is 12.4. The number of rotatable bonds is 6. The number of ether oxygens (including phenoxy) is 1. The summed E-state index contributed by atoms with van der Waals surface area (Å²) in [6.45, 7) is 5.85. The van der Waals surface area contributed by atoms with E-state index in [2.05, 4.69) is 20.8 Å². The molecule has 1 atom stereocenters. The topological polar surface area (TPSA) is 94.2 Å². The molecule has 2 N–H and O–H groups in total. The van der Waals surface area contributed by atoms with Crippen molar-refractivity contribution < 1.29 is 14.1 Å². The third-order valence-corrected chi connectivity index (χ3v) is 4.61.